The highest BCUT2D eigenvalue weighted by atomic mass is 32.2. The Hall–Kier alpha value is -2.13. The molecule has 0 fully saturated rings. The van der Waals surface area contributed by atoms with E-state index in [9.17, 15) is 4.79 Å². The predicted molar refractivity (Wildman–Crippen MR) is 87.9 cm³/mol. The number of rotatable bonds is 4. The lowest BCUT2D eigenvalue weighted by Crippen LogP contribution is -2.32. The molecule has 0 radical (unpaired) electrons. The largest absolute Gasteiger partial charge is 0.351 e. The zero-order valence-electron chi connectivity index (χ0n) is 12.2. The number of thioether (sulfide) groups is 1. The van der Waals surface area contributed by atoms with Crippen LogP contribution in [0.1, 0.15) is 16.1 Å². The summed E-state index contributed by atoms with van der Waals surface area (Å²) in [6.45, 7) is 1.50. The molecular formula is C14H14N6OS2. The zero-order valence-corrected chi connectivity index (χ0v) is 13.8. The average Bonchev–Trinajstić information content (AvgIpc) is 3.22. The van der Waals surface area contributed by atoms with Crippen LogP contribution in [-0.4, -0.2) is 37.1 Å². The maximum absolute atomic E-state index is 12.2. The standard InChI is InChI=1S/C14H14N6OS2/c15-11-10(7-17-13-20(11)4-6-22-13)12(21)16-2-1-9-8-19-3-5-23-14(19)18-9/h4,6-8,15H,1-3,5H2,(H,16,21). The molecule has 4 heterocycles. The fraction of sp³-hybridized carbons (Fsp3) is 0.286. The summed E-state index contributed by atoms with van der Waals surface area (Å²) in [5, 5.41) is 13.8. The molecule has 23 heavy (non-hydrogen) atoms. The van der Waals surface area contributed by atoms with Crippen LogP contribution in [0.15, 0.2) is 29.1 Å². The topological polar surface area (TPSA) is 88.1 Å². The number of hydrogen-bond acceptors (Lipinski definition) is 6. The van der Waals surface area contributed by atoms with Crippen molar-refractivity contribution in [2.45, 2.75) is 18.1 Å². The first-order valence-corrected chi connectivity index (χ1v) is 9.05. The fourth-order valence-corrected chi connectivity index (χ4v) is 4.14. The summed E-state index contributed by atoms with van der Waals surface area (Å²) >= 11 is 3.19. The maximum Gasteiger partial charge on any atom is 0.256 e. The molecule has 9 heteroatoms. The van der Waals surface area contributed by atoms with Crippen LogP contribution >= 0.6 is 23.1 Å². The zero-order chi connectivity index (χ0) is 15.8. The van der Waals surface area contributed by atoms with Crippen LogP contribution in [0.2, 0.25) is 0 Å². The summed E-state index contributed by atoms with van der Waals surface area (Å²) in [4.78, 5) is 21.7. The number of hydrogen-bond donors (Lipinski definition) is 2. The summed E-state index contributed by atoms with van der Waals surface area (Å²) < 4.78 is 3.76. The smallest absolute Gasteiger partial charge is 0.256 e. The van der Waals surface area contributed by atoms with Gasteiger partial charge in [-0.3, -0.25) is 14.6 Å². The molecule has 118 valence electrons. The van der Waals surface area contributed by atoms with E-state index in [4.69, 9.17) is 5.41 Å². The highest BCUT2D eigenvalue weighted by Gasteiger charge is 2.15. The molecule has 0 unspecified atom stereocenters. The van der Waals surface area contributed by atoms with Crippen LogP contribution < -0.4 is 10.8 Å². The van der Waals surface area contributed by atoms with Crippen molar-refractivity contribution in [1.82, 2.24) is 24.3 Å². The van der Waals surface area contributed by atoms with Gasteiger partial charge in [-0.05, 0) is 0 Å². The van der Waals surface area contributed by atoms with Crippen LogP contribution in [0, 0.1) is 5.41 Å². The van der Waals surface area contributed by atoms with Crippen molar-refractivity contribution in [3.8, 4) is 0 Å². The van der Waals surface area contributed by atoms with Gasteiger partial charge in [0.2, 0.25) is 0 Å². The lowest BCUT2D eigenvalue weighted by molar-refractivity contribution is 0.0951. The molecule has 0 saturated heterocycles. The van der Waals surface area contributed by atoms with Crippen molar-refractivity contribution in [1.29, 1.82) is 5.41 Å². The molecule has 4 rings (SSSR count). The van der Waals surface area contributed by atoms with E-state index in [-0.39, 0.29) is 17.0 Å². The van der Waals surface area contributed by atoms with Gasteiger partial charge >= 0.3 is 0 Å². The number of amides is 1. The molecule has 0 aliphatic carbocycles. The number of thiazole rings is 1. The number of aromatic nitrogens is 4. The molecule has 0 aromatic carbocycles. The predicted octanol–water partition coefficient (Wildman–Crippen LogP) is 1.15. The third-order valence-electron chi connectivity index (χ3n) is 3.65. The molecule has 1 aliphatic rings. The highest BCUT2D eigenvalue weighted by Crippen LogP contribution is 2.24. The van der Waals surface area contributed by atoms with Crippen molar-refractivity contribution in [2.24, 2.45) is 0 Å². The van der Waals surface area contributed by atoms with Crippen molar-refractivity contribution in [3.63, 3.8) is 0 Å². The van der Waals surface area contributed by atoms with E-state index in [1.807, 2.05) is 11.6 Å². The molecule has 0 spiro atoms. The summed E-state index contributed by atoms with van der Waals surface area (Å²) in [6, 6.07) is 0. The summed E-state index contributed by atoms with van der Waals surface area (Å²) in [5.74, 6) is 0.811. The second kappa shape index (κ2) is 5.82. The number of imidazole rings is 1. The lowest BCUT2D eigenvalue weighted by atomic mass is 10.3. The number of nitrogens with one attached hydrogen (secondary N) is 2. The molecule has 3 aromatic heterocycles. The van der Waals surface area contributed by atoms with E-state index < -0.39 is 0 Å². The minimum absolute atomic E-state index is 0.158. The van der Waals surface area contributed by atoms with Gasteiger partial charge < -0.3 is 9.88 Å². The molecule has 3 aromatic rings. The molecule has 2 N–H and O–H groups in total. The van der Waals surface area contributed by atoms with Gasteiger partial charge in [0.05, 0.1) is 5.69 Å². The second-order valence-electron chi connectivity index (χ2n) is 5.14. The van der Waals surface area contributed by atoms with E-state index in [2.05, 4.69) is 19.9 Å². The van der Waals surface area contributed by atoms with E-state index in [1.54, 1.807) is 22.4 Å². The molecule has 1 amide bonds. The summed E-state index contributed by atoms with van der Waals surface area (Å²) in [6.07, 6.45) is 5.94. The molecule has 1 aliphatic heterocycles. The van der Waals surface area contributed by atoms with Gasteiger partial charge in [-0.2, -0.15) is 0 Å². The van der Waals surface area contributed by atoms with Crippen LogP contribution in [0.3, 0.4) is 0 Å². The highest BCUT2D eigenvalue weighted by molar-refractivity contribution is 7.99. The third-order valence-corrected chi connectivity index (χ3v) is 5.40. The fourth-order valence-electron chi connectivity index (χ4n) is 2.49. The summed E-state index contributed by atoms with van der Waals surface area (Å²) in [5.41, 5.74) is 1.43. The van der Waals surface area contributed by atoms with Crippen LogP contribution in [0.5, 0.6) is 0 Å². The molecule has 0 atom stereocenters. The third kappa shape index (κ3) is 2.66. The Morgan fingerprint density at radius 2 is 2.39 bits per heavy atom. The summed E-state index contributed by atoms with van der Waals surface area (Å²) in [7, 11) is 0. The van der Waals surface area contributed by atoms with Gasteiger partial charge in [-0.15, -0.1) is 11.3 Å². The number of nitrogens with zero attached hydrogens (tertiary/aromatic N) is 4. The van der Waals surface area contributed by atoms with Gasteiger partial charge in [0.15, 0.2) is 10.1 Å². The van der Waals surface area contributed by atoms with E-state index >= 15 is 0 Å². The van der Waals surface area contributed by atoms with E-state index in [1.165, 1.54) is 17.5 Å². The Labute approximate surface area is 139 Å². The van der Waals surface area contributed by atoms with E-state index in [0.29, 0.717) is 17.9 Å². The first kappa shape index (κ1) is 14.5. The van der Waals surface area contributed by atoms with E-state index in [0.717, 1.165) is 23.1 Å². The second-order valence-corrected chi connectivity index (χ2v) is 7.07. The van der Waals surface area contributed by atoms with Crippen LogP contribution in [-0.2, 0) is 13.0 Å². The van der Waals surface area contributed by atoms with Gasteiger partial charge in [-0.25, -0.2) is 9.97 Å². The quantitative estimate of drug-likeness (QED) is 0.742. The minimum Gasteiger partial charge on any atom is -0.351 e. The van der Waals surface area contributed by atoms with Gasteiger partial charge in [-0.1, -0.05) is 11.8 Å². The Balaban J connectivity index is 1.42. The van der Waals surface area contributed by atoms with Crippen molar-refractivity contribution in [2.75, 3.05) is 12.3 Å². The Kier molecular flexibility index (Phi) is 3.66. The number of aryl methyl sites for hydroxylation is 1. The van der Waals surface area contributed by atoms with Crippen molar-refractivity contribution < 1.29 is 4.79 Å². The molecule has 0 saturated carbocycles. The molecule has 0 bridgehead atoms. The van der Waals surface area contributed by atoms with Gasteiger partial charge in [0, 0.05) is 49.2 Å². The first-order valence-electron chi connectivity index (χ1n) is 7.19. The van der Waals surface area contributed by atoms with Crippen molar-refractivity contribution in [3.05, 3.63) is 40.7 Å². The van der Waals surface area contributed by atoms with Crippen molar-refractivity contribution >= 4 is 34.0 Å². The molecule has 7 nitrogen and oxygen atoms in total. The molecular weight excluding hydrogens is 332 g/mol. The minimum atomic E-state index is -0.274. The van der Waals surface area contributed by atoms with Crippen LogP contribution in [0.4, 0.5) is 0 Å². The number of carbonyl (C=O) groups excluding carboxylic acids is 1. The Morgan fingerprint density at radius 1 is 1.48 bits per heavy atom. The Morgan fingerprint density at radius 3 is 3.26 bits per heavy atom. The maximum atomic E-state index is 12.2. The SMILES string of the molecule is N=c1c(C(=O)NCCc2cn3c(n2)SCC3)cnc2sccn12. The monoisotopic (exact) mass is 346 g/mol. The van der Waals surface area contributed by atoms with Gasteiger partial charge in [0.25, 0.3) is 5.91 Å². The number of fused-ring (bicyclic) bond motifs is 2. The number of carbonyl (C=O) groups is 1. The first-order chi connectivity index (χ1) is 11.2. The van der Waals surface area contributed by atoms with Crippen LogP contribution in [0.25, 0.3) is 4.96 Å². The lowest BCUT2D eigenvalue weighted by Gasteiger charge is -2.05. The average molecular weight is 346 g/mol. The van der Waals surface area contributed by atoms with Gasteiger partial charge in [0.1, 0.15) is 11.1 Å². The normalized spacial score (nSPS) is 13.4. The Bertz CT molecular complexity index is 919.